The first kappa shape index (κ1) is 22.4. The highest BCUT2D eigenvalue weighted by Crippen LogP contribution is 2.54. The van der Waals surface area contributed by atoms with Gasteiger partial charge in [-0.25, -0.2) is 4.79 Å². The fourth-order valence-electron chi connectivity index (χ4n) is 5.14. The highest BCUT2D eigenvalue weighted by Gasteiger charge is 2.47. The average Bonchev–Trinajstić information content (AvgIpc) is 3.05. The number of hydrogen-bond acceptors (Lipinski definition) is 6. The van der Waals surface area contributed by atoms with Crippen molar-refractivity contribution in [2.45, 2.75) is 83.7 Å². The highest BCUT2D eigenvalue weighted by atomic mass is 16.7. The van der Waals surface area contributed by atoms with Gasteiger partial charge in [-0.15, -0.1) is 5.06 Å². The number of aromatic hydroxyl groups is 1. The Morgan fingerprint density at radius 3 is 2.62 bits per heavy atom. The predicted molar refractivity (Wildman–Crippen MR) is 117 cm³/mol. The quantitative estimate of drug-likeness (QED) is 0.522. The third-order valence-corrected chi connectivity index (χ3v) is 6.87. The summed E-state index contributed by atoms with van der Waals surface area (Å²) in [6.07, 6.45) is 7.03. The third-order valence-electron chi connectivity index (χ3n) is 6.87. The SMILES string of the molecule is CCCCCc1cc(O)c2c(c1)OC(C)(C)[C@H]1CC=C(C(=O)ON3C(=O)CCC3=O)C[C@H]21. The second-order valence-electron chi connectivity index (χ2n) is 9.53. The molecule has 1 saturated heterocycles. The maximum atomic E-state index is 12.7. The van der Waals surface area contributed by atoms with E-state index in [4.69, 9.17) is 9.57 Å². The Kier molecular flexibility index (Phi) is 6.01. The molecular formula is C25H31NO6. The zero-order valence-electron chi connectivity index (χ0n) is 19.0. The summed E-state index contributed by atoms with van der Waals surface area (Å²) < 4.78 is 6.35. The van der Waals surface area contributed by atoms with E-state index in [0.717, 1.165) is 36.8 Å². The summed E-state index contributed by atoms with van der Waals surface area (Å²) in [5.74, 6) is -0.879. The minimum Gasteiger partial charge on any atom is -0.508 e. The van der Waals surface area contributed by atoms with Crippen molar-refractivity contribution in [1.82, 2.24) is 5.06 Å². The smallest absolute Gasteiger partial charge is 0.359 e. The van der Waals surface area contributed by atoms with Crippen LogP contribution in [-0.2, 0) is 25.6 Å². The van der Waals surface area contributed by atoms with Crippen molar-refractivity contribution in [3.63, 3.8) is 0 Å². The Hall–Kier alpha value is -2.83. The molecule has 3 aliphatic rings. The zero-order valence-corrected chi connectivity index (χ0v) is 19.0. The standard InChI is InChI=1S/C25H31NO6/c1-4-5-6-7-15-12-19(27)23-17-14-16(24(30)32-26-21(28)10-11-22(26)29)8-9-18(17)25(2,3)31-20(23)13-15/h8,12-13,17-18,27H,4-7,9-11,14H2,1-3H3/t17-,18-/m0/s1. The number of carbonyl (C=O) groups is 3. The molecule has 2 amide bonds. The van der Waals surface area contributed by atoms with Crippen LogP contribution in [0.25, 0.3) is 0 Å². The Labute approximate surface area is 188 Å². The molecule has 1 aliphatic carbocycles. The van der Waals surface area contributed by atoms with E-state index >= 15 is 0 Å². The molecule has 7 nitrogen and oxygen atoms in total. The normalized spacial score (nSPS) is 23.8. The number of nitrogens with zero attached hydrogens (tertiary/aromatic N) is 1. The average molecular weight is 442 g/mol. The van der Waals surface area contributed by atoms with Gasteiger partial charge in [-0.2, -0.15) is 0 Å². The molecule has 4 rings (SSSR count). The van der Waals surface area contributed by atoms with Gasteiger partial charge in [0.1, 0.15) is 17.1 Å². The second kappa shape index (κ2) is 8.60. The van der Waals surface area contributed by atoms with Crippen LogP contribution in [0.2, 0.25) is 0 Å². The Balaban J connectivity index is 1.59. The van der Waals surface area contributed by atoms with Gasteiger partial charge in [0, 0.05) is 35.8 Å². The van der Waals surface area contributed by atoms with Crippen LogP contribution in [0.4, 0.5) is 0 Å². The molecule has 1 N–H and O–H groups in total. The Morgan fingerprint density at radius 2 is 1.94 bits per heavy atom. The first-order chi connectivity index (χ1) is 15.2. The van der Waals surface area contributed by atoms with Crippen LogP contribution < -0.4 is 4.74 Å². The lowest BCUT2D eigenvalue weighted by Gasteiger charge is -2.47. The predicted octanol–water partition coefficient (Wildman–Crippen LogP) is 4.32. The minimum atomic E-state index is -0.687. The first-order valence-corrected chi connectivity index (χ1v) is 11.5. The van der Waals surface area contributed by atoms with Crippen LogP contribution >= 0.6 is 0 Å². The molecule has 2 heterocycles. The molecule has 172 valence electrons. The molecular weight excluding hydrogens is 410 g/mol. The number of benzene rings is 1. The van der Waals surface area contributed by atoms with E-state index in [9.17, 15) is 19.5 Å². The molecule has 0 bridgehead atoms. The molecule has 0 radical (unpaired) electrons. The van der Waals surface area contributed by atoms with Gasteiger partial charge in [-0.1, -0.05) is 25.8 Å². The number of allylic oxidation sites excluding steroid dienone is 1. The van der Waals surface area contributed by atoms with Crippen molar-refractivity contribution in [3.05, 3.63) is 34.9 Å². The Bertz CT molecular complexity index is 963. The van der Waals surface area contributed by atoms with Gasteiger partial charge in [0.25, 0.3) is 11.8 Å². The van der Waals surface area contributed by atoms with Crippen LogP contribution in [0, 0.1) is 5.92 Å². The number of imide groups is 1. The van der Waals surface area contributed by atoms with E-state index in [-0.39, 0.29) is 30.4 Å². The van der Waals surface area contributed by atoms with E-state index < -0.39 is 23.4 Å². The number of hydroxylamine groups is 2. The molecule has 32 heavy (non-hydrogen) atoms. The number of phenolic OH excluding ortho intramolecular Hbond substituents is 1. The van der Waals surface area contributed by atoms with Gasteiger partial charge >= 0.3 is 5.97 Å². The molecule has 0 unspecified atom stereocenters. The lowest BCUT2D eigenvalue weighted by Crippen LogP contribution is -2.46. The molecule has 1 fully saturated rings. The number of rotatable bonds is 6. The van der Waals surface area contributed by atoms with Crippen LogP contribution in [0.5, 0.6) is 11.5 Å². The number of aryl methyl sites for hydroxylation is 1. The van der Waals surface area contributed by atoms with Crippen LogP contribution in [-0.4, -0.2) is 33.6 Å². The van der Waals surface area contributed by atoms with Crippen molar-refractivity contribution in [2.24, 2.45) is 5.92 Å². The number of hydrogen-bond donors (Lipinski definition) is 1. The van der Waals surface area contributed by atoms with Crippen molar-refractivity contribution < 1.29 is 29.1 Å². The number of ether oxygens (including phenoxy) is 1. The molecule has 0 spiro atoms. The monoisotopic (exact) mass is 441 g/mol. The summed E-state index contributed by atoms with van der Waals surface area (Å²) in [4.78, 5) is 41.5. The van der Waals surface area contributed by atoms with Crippen molar-refractivity contribution in [2.75, 3.05) is 0 Å². The second-order valence-corrected chi connectivity index (χ2v) is 9.53. The molecule has 0 aromatic heterocycles. The van der Waals surface area contributed by atoms with E-state index in [2.05, 4.69) is 6.92 Å². The molecule has 1 aromatic rings. The molecule has 7 heteroatoms. The van der Waals surface area contributed by atoms with Crippen LogP contribution in [0.3, 0.4) is 0 Å². The Morgan fingerprint density at radius 1 is 1.22 bits per heavy atom. The summed E-state index contributed by atoms with van der Waals surface area (Å²) in [6, 6.07) is 3.83. The molecule has 0 saturated carbocycles. The van der Waals surface area contributed by atoms with E-state index in [1.165, 1.54) is 0 Å². The molecule has 2 aliphatic heterocycles. The van der Waals surface area contributed by atoms with Gasteiger partial charge < -0.3 is 14.7 Å². The number of unbranched alkanes of at least 4 members (excludes halogenated alkanes) is 2. The number of fused-ring (bicyclic) bond motifs is 3. The lowest BCUT2D eigenvalue weighted by molar-refractivity contribution is -0.194. The third kappa shape index (κ3) is 4.12. The summed E-state index contributed by atoms with van der Waals surface area (Å²) in [5.41, 5.74) is 1.70. The topological polar surface area (TPSA) is 93.1 Å². The summed E-state index contributed by atoms with van der Waals surface area (Å²) >= 11 is 0. The van der Waals surface area contributed by atoms with Crippen LogP contribution in [0.1, 0.15) is 82.8 Å². The van der Waals surface area contributed by atoms with Crippen molar-refractivity contribution in [1.29, 1.82) is 0 Å². The van der Waals surface area contributed by atoms with E-state index in [1.54, 1.807) is 6.08 Å². The van der Waals surface area contributed by atoms with E-state index in [1.807, 2.05) is 26.0 Å². The first-order valence-electron chi connectivity index (χ1n) is 11.5. The highest BCUT2D eigenvalue weighted by molar-refractivity contribution is 6.02. The lowest BCUT2D eigenvalue weighted by atomic mass is 9.67. The fraction of sp³-hybridized carbons (Fsp3) is 0.560. The summed E-state index contributed by atoms with van der Waals surface area (Å²) in [7, 11) is 0. The van der Waals surface area contributed by atoms with Gasteiger partial charge in [0.15, 0.2) is 0 Å². The van der Waals surface area contributed by atoms with Gasteiger partial charge in [-0.3, -0.25) is 9.59 Å². The molecule has 2 atom stereocenters. The van der Waals surface area contributed by atoms with Crippen molar-refractivity contribution >= 4 is 17.8 Å². The molecule has 1 aromatic carbocycles. The van der Waals surface area contributed by atoms with Crippen LogP contribution in [0.15, 0.2) is 23.8 Å². The van der Waals surface area contributed by atoms with E-state index in [0.29, 0.717) is 29.2 Å². The number of phenols is 1. The van der Waals surface area contributed by atoms with Gasteiger partial charge in [0.05, 0.1) is 0 Å². The fourth-order valence-corrected chi connectivity index (χ4v) is 5.14. The maximum absolute atomic E-state index is 12.7. The summed E-state index contributed by atoms with van der Waals surface area (Å²) in [5, 5.41) is 11.5. The maximum Gasteiger partial charge on any atom is 0.359 e. The van der Waals surface area contributed by atoms with Gasteiger partial charge in [0.2, 0.25) is 0 Å². The van der Waals surface area contributed by atoms with Gasteiger partial charge in [-0.05, 0) is 57.2 Å². The number of carbonyl (C=O) groups excluding carboxylic acids is 3. The van der Waals surface area contributed by atoms with Crippen molar-refractivity contribution in [3.8, 4) is 11.5 Å². The summed E-state index contributed by atoms with van der Waals surface area (Å²) in [6.45, 7) is 6.23. The minimum absolute atomic E-state index is 0.0588. The largest absolute Gasteiger partial charge is 0.508 e. The zero-order chi connectivity index (χ0) is 23.0. The number of amides is 2.